The number of nitrogens with zero attached hydrogens (tertiary/aromatic N) is 2. The first-order valence-corrected chi connectivity index (χ1v) is 7.08. The molecule has 0 saturated carbocycles. The van der Waals surface area contributed by atoms with Gasteiger partial charge in [0.05, 0.1) is 6.07 Å². The van der Waals surface area contributed by atoms with Gasteiger partial charge in [0, 0.05) is 11.1 Å². The fourth-order valence-corrected chi connectivity index (χ4v) is 2.11. The van der Waals surface area contributed by atoms with Crippen LogP contribution in [0.4, 0.5) is 10.3 Å². The van der Waals surface area contributed by atoms with E-state index in [0.717, 1.165) is 12.1 Å². The number of hydrogen-bond donors (Lipinski definition) is 0. The highest BCUT2D eigenvalue weighted by Crippen LogP contribution is 2.26. The average molecular weight is 346 g/mol. The van der Waals surface area contributed by atoms with Crippen molar-refractivity contribution in [3.05, 3.63) is 69.3 Å². The number of rotatable bonds is 5. The Balaban J connectivity index is 1.70. The van der Waals surface area contributed by atoms with Crippen molar-refractivity contribution in [1.29, 1.82) is 0 Å². The highest BCUT2D eigenvalue weighted by Gasteiger charge is 2.20. The van der Waals surface area contributed by atoms with Gasteiger partial charge >= 0.3 is 11.9 Å². The molecule has 0 atom stereocenters. The van der Waals surface area contributed by atoms with Crippen LogP contribution in [0.5, 0.6) is 0 Å². The lowest BCUT2D eigenvalue weighted by molar-refractivity contribution is -0.402. The van der Waals surface area contributed by atoms with Crippen LogP contribution in [0.15, 0.2) is 45.3 Å². The molecule has 1 aromatic carbocycles. The third-order valence-electron chi connectivity index (χ3n) is 3.44. The molecule has 0 aliphatic rings. The van der Waals surface area contributed by atoms with Crippen LogP contribution in [-0.2, 0) is 11.3 Å². The molecule has 9 heteroatoms. The molecular weight excluding hydrogens is 335 g/mol. The number of hydrogen-bond acceptors (Lipinski definition) is 7. The van der Waals surface area contributed by atoms with Crippen LogP contribution in [0.3, 0.4) is 0 Å². The summed E-state index contributed by atoms with van der Waals surface area (Å²) in [6.45, 7) is 1.51. The molecule has 0 aliphatic carbocycles. The molecule has 0 aliphatic heterocycles. The Hall–Kier alpha value is -3.49. The summed E-state index contributed by atoms with van der Waals surface area (Å²) in [5.74, 6) is -1.64. The zero-order chi connectivity index (χ0) is 18.0. The second-order valence-electron chi connectivity index (χ2n) is 5.06. The summed E-state index contributed by atoms with van der Waals surface area (Å²) in [6, 6.07) is 7.88. The van der Waals surface area contributed by atoms with Crippen molar-refractivity contribution in [3.8, 4) is 11.3 Å². The SMILES string of the molecule is Cc1c(COC(=O)c2ccc([N+](=O)[O-])o2)noc1-c1ccc(F)cc1. The van der Waals surface area contributed by atoms with Gasteiger partial charge in [-0.05, 0) is 37.3 Å². The highest BCUT2D eigenvalue weighted by atomic mass is 19.1. The Labute approximate surface area is 139 Å². The minimum atomic E-state index is -0.862. The van der Waals surface area contributed by atoms with Crippen molar-refractivity contribution in [1.82, 2.24) is 5.16 Å². The van der Waals surface area contributed by atoms with Crippen molar-refractivity contribution in [2.24, 2.45) is 0 Å². The van der Waals surface area contributed by atoms with Gasteiger partial charge in [-0.25, -0.2) is 9.18 Å². The number of nitro groups is 1. The summed E-state index contributed by atoms with van der Waals surface area (Å²) in [5, 5.41) is 14.4. The molecule has 0 unspecified atom stereocenters. The number of halogens is 1. The molecule has 25 heavy (non-hydrogen) atoms. The number of aromatic nitrogens is 1. The first-order valence-electron chi connectivity index (χ1n) is 7.08. The maximum Gasteiger partial charge on any atom is 0.433 e. The molecule has 0 spiro atoms. The van der Waals surface area contributed by atoms with Crippen molar-refractivity contribution < 1.29 is 27.8 Å². The number of carbonyl (C=O) groups is 1. The lowest BCUT2D eigenvalue weighted by atomic mass is 10.1. The van der Waals surface area contributed by atoms with Crippen molar-refractivity contribution in [2.45, 2.75) is 13.5 Å². The molecule has 0 N–H and O–H groups in total. The summed E-state index contributed by atoms with van der Waals surface area (Å²) in [5.41, 5.74) is 1.63. The fourth-order valence-electron chi connectivity index (χ4n) is 2.11. The van der Waals surface area contributed by atoms with E-state index in [9.17, 15) is 19.3 Å². The van der Waals surface area contributed by atoms with Gasteiger partial charge in [0.2, 0.25) is 5.76 Å². The molecule has 0 fully saturated rings. The normalized spacial score (nSPS) is 10.6. The molecule has 0 amide bonds. The Kier molecular flexibility index (Phi) is 4.29. The van der Waals surface area contributed by atoms with E-state index < -0.39 is 16.8 Å². The van der Waals surface area contributed by atoms with Gasteiger partial charge in [0.15, 0.2) is 5.76 Å². The van der Waals surface area contributed by atoms with Crippen molar-refractivity contribution in [2.75, 3.05) is 0 Å². The quantitative estimate of drug-likeness (QED) is 0.394. The van der Waals surface area contributed by atoms with Gasteiger partial charge in [-0.15, -0.1) is 0 Å². The first kappa shape index (κ1) is 16.4. The first-order chi connectivity index (χ1) is 12.0. The van der Waals surface area contributed by atoms with E-state index in [1.807, 2.05) is 0 Å². The van der Waals surface area contributed by atoms with Gasteiger partial charge in [-0.1, -0.05) is 5.16 Å². The van der Waals surface area contributed by atoms with Gasteiger partial charge < -0.3 is 13.7 Å². The van der Waals surface area contributed by atoms with Crippen LogP contribution in [-0.4, -0.2) is 16.0 Å². The molecule has 3 aromatic rings. The predicted octanol–water partition coefficient (Wildman–Crippen LogP) is 3.65. The molecule has 8 nitrogen and oxygen atoms in total. The number of furan rings is 1. The van der Waals surface area contributed by atoms with E-state index in [1.54, 1.807) is 19.1 Å². The predicted molar refractivity (Wildman–Crippen MR) is 81.1 cm³/mol. The largest absolute Gasteiger partial charge is 0.453 e. The maximum absolute atomic E-state index is 13.0. The third kappa shape index (κ3) is 3.39. The van der Waals surface area contributed by atoms with E-state index in [-0.39, 0.29) is 18.2 Å². The van der Waals surface area contributed by atoms with Crippen molar-refractivity contribution in [3.63, 3.8) is 0 Å². The Morgan fingerprint density at radius 3 is 2.64 bits per heavy atom. The molecule has 0 radical (unpaired) electrons. The molecule has 128 valence electrons. The third-order valence-corrected chi connectivity index (χ3v) is 3.44. The number of benzene rings is 1. The van der Waals surface area contributed by atoms with E-state index in [2.05, 4.69) is 5.16 Å². The lowest BCUT2D eigenvalue weighted by Crippen LogP contribution is -2.05. The number of ether oxygens (including phenoxy) is 1. The van der Waals surface area contributed by atoms with Crippen molar-refractivity contribution >= 4 is 11.9 Å². The van der Waals surface area contributed by atoms with Crippen LogP contribution in [0.1, 0.15) is 21.8 Å². The number of carbonyl (C=O) groups excluding carboxylic acids is 1. The zero-order valence-corrected chi connectivity index (χ0v) is 12.9. The van der Waals surface area contributed by atoms with Crippen LogP contribution < -0.4 is 0 Å². The standard InChI is InChI=1S/C16H11FN2O6/c1-9-12(18-25-15(9)10-2-4-11(17)5-3-10)8-23-16(20)13-6-7-14(24-13)19(21)22/h2-7H,8H2,1H3. The monoisotopic (exact) mass is 346 g/mol. The van der Waals surface area contributed by atoms with E-state index in [1.165, 1.54) is 12.1 Å². The highest BCUT2D eigenvalue weighted by molar-refractivity contribution is 5.86. The molecule has 0 saturated heterocycles. The molecule has 2 heterocycles. The van der Waals surface area contributed by atoms with Gasteiger partial charge in [0.1, 0.15) is 23.0 Å². The Morgan fingerprint density at radius 2 is 2.00 bits per heavy atom. The zero-order valence-electron chi connectivity index (χ0n) is 12.9. The van der Waals surface area contributed by atoms with Gasteiger partial charge in [-0.3, -0.25) is 10.1 Å². The van der Waals surface area contributed by atoms with E-state index in [4.69, 9.17) is 13.7 Å². The minimum absolute atomic E-state index is 0.205. The van der Waals surface area contributed by atoms with Crippen LogP contribution in [0, 0.1) is 22.9 Å². The van der Waals surface area contributed by atoms with Gasteiger partial charge in [-0.2, -0.15) is 0 Å². The fraction of sp³-hybridized carbons (Fsp3) is 0.125. The molecule has 0 bridgehead atoms. The maximum atomic E-state index is 13.0. The number of esters is 1. The van der Waals surface area contributed by atoms with Crippen LogP contribution in [0.25, 0.3) is 11.3 Å². The molecule has 2 aromatic heterocycles. The Bertz CT molecular complexity index is 929. The second-order valence-corrected chi connectivity index (χ2v) is 5.06. The smallest absolute Gasteiger partial charge is 0.433 e. The average Bonchev–Trinajstić information content (AvgIpc) is 3.21. The van der Waals surface area contributed by atoms with E-state index in [0.29, 0.717) is 22.6 Å². The summed E-state index contributed by atoms with van der Waals surface area (Å²) >= 11 is 0. The summed E-state index contributed by atoms with van der Waals surface area (Å²) in [4.78, 5) is 21.6. The lowest BCUT2D eigenvalue weighted by Gasteiger charge is -2.01. The molecule has 3 rings (SSSR count). The molecular formula is C16H11FN2O6. The summed E-state index contributed by atoms with van der Waals surface area (Å²) in [7, 11) is 0. The summed E-state index contributed by atoms with van der Waals surface area (Å²) in [6.07, 6.45) is 0. The van der Waals surface area contributed by atoms with E-state index >= 15 is 0 Å². The van der Waals surface area contributed by atoms with Crippen LogP contribution in [0.2, 0.25) is 0 Å². The summed E-state index contributed by atoms with van der Waals surface area (Å²) < 4.78 is 28.0. The Morgan fingerprint density at radius 1 is 1.28 bits per heavy atom. The van der Waals surface area contributed by atoms with Crippen LogP contribution >= 0.6 is 0 Å². The second kappa shape index (κ2) is 6.56. The minimum Gasteiger partial charge on any atom is -0.453 e. The topological polar surface area (TPSA) is 109 Å². The van der Waals surface area contributed by atoms with Gasteiger partial charge in [0.25, 0.3) is 0 Å².